The van der Waals surface area contributed by atoms with Crippen molar-refractivity contribution in [1.29, 1.82) is 0 Å². The van der Waals surface area contributed by atoms with Crippen LogP contribution in [0.25, 0.3) is 87.1 Å². The molecule has 0 amide bonds. The largest absolute Gasteiger partial charge is 0.247 e. The molecule has 0 radical (unpaired) electrons. The van der Waals surface area contributed by atoms with E-state index in [1.54, 1.807) is 0 Å². The SMILES string of the molecule is c1cc(-c2cc3ccccc3c3ccccc23)cc(-c2nc3ccccc3c3c4ccccc4c4ccccc4c23)c1. The molecule has 0 unspecified atom stereocenters. The Hall–Kier alpha value is -5.53. The first-order valence-electron chi connectivity index (χ1n) is 14.5. The Morgan fingerprint density at radius 2 is 0.857 bits per heavy atom. The number of para-hydroxylation sites is 1. The highest BCUT2D eigenvalue weighted by molar-refractivity contribution is 6.33. The maximum Gasteiger partial charge on any atom is 0.0794 e. The van der Waals surface area contributed by atoms with Gasteiger partial charge in [-0.1, -0.05) is 133 Å². The first-order valence-corrected chi connectivity index (χ1v) is 14.5. The van der Waals surface area contributed by atoms with Gasteiger partial charge in [-0.3, -0.25) is 0 Å². The van der Waals surface area contributed by atoms with Crippen LogP contribution in [-0.2, 0) is 0 Å². The van der Waals surface area contributed by atoms with E-state index >= 15 is 0 Å². The van der Waals surface area contributed by atoms with Gasteiger partial charge in [0.1, 0.15) is 0 Å². The summed E-state index contributed by atoms with van der Waals surface area (Å²) in [5.74, 6) is 0. The summed E-state index contributed by atoms with van der Waals surface area (Å²) in [6.07, 6.45) is 0. The van der Waals surface area contributed by atoms with Crippen molar-refractivity contribution in [3.05, 3.63) is 152 Å². The Kier molecular flexibility index (Phi) is 4.97. The van der Waals surface area contributed by atoms with Gasteiger partial charge in [-0.15, -0.1) is 0 Å². The molecule has 0 atom stereocenters. The first-order chi connectivity index (χ1) is 20.8. The number of hydrogen-bond acceptors (Lipinski definition) is 1. The average molecular weight is 532 g/mol. The van der Waals surface area contributed by atoms with E-state index in [9.17, 15) is 0 Å². The van der Waals surface area contributed by atoms with Crippen LogP contribution in [0.4, 0.5) is 0 Å². The van der Waals surface area contributed by atoms with Gasteiger partial charge in [-0.2, -0.15) is 0 Å². The molecular weight excluding hydrogens is 506 g/mol. The molecule has 1 heterocycles. The van der Waals surface area contributed by atoms with Crippen LogP contribution in [0.15, 0.2) is 152 Å². The minimum atomic E-state index is 1.02. The third-order valence-electron chi connectivity index (χ3n) is 8.79. The summed E-state index contributed by atoms with van der Waals surface area (Å²) in [5.41, 5.74) is 5.61. The molecule has 0 spiro atoms. The molecule has 194 valence electrons. The van der Waals surface area contributed by atoms with E-state index < -0.39 is 0 Å². The van der Waals surface area contributed by atoms with E-state index in [1.165, 1.54) is 70.4 Å². The number of aromatic nitrogens is 1. The van der Waals surface area contributed by atoms with E-state index in [-0.39, 0.29) is 0 Å². The molecule has 0 aliphatic rings. The molecule has 0 saturated carbocycles. The van der Waals surface area contributed by atoms with E-state index in [0.29, 0.717) is 0 Å². The quantitative estimate of drug-likeness (QED) is 0.202. The van der Waals surface area contributed by atoms with Gasteiger partial charge in [0.05, 0.1) is 11.2 Å². The summed E-state index contributed by atoms with van der Waals surface area (Å²) in [7, 11) is 0. The molecule has 42 heavy (non-hydrogen) atoms. The van der Waals surface area contributed by atoms with Crippen molar-refractivity contribution in [2.24, 2.45) is 0 Å². The van der Waals surface area contributed by atoms with E-state index in [4.69, 9.17) is 4.98 Å². The number of nitrogens with zero attached hydrogens (tertiary/aromatic N) is 1. The molecule has 0 bridgehead atoms. The molecule has 9 rings (SSSR count). The fourth-order valence-electron chi connectivity index (χ4n) is 6.96. The lowest BCUT2D eigenvalue weighted by Crippen LogP contribution is -1.93. The number of rotatable bonds is 2. The normalized spacial score (nSPS) is 11.8. The maximum absolute atomic E-state index is 5.38. The van der Waals surface area contributed by atoms with Gasteiger partial charge in [0.2, 0.25) is 0 Å². The van der Waals surface area contributed by atoms with Crippen LogP contribution in [0.1, 0.15) is 0 Å². The zero-order valence-electron chi connectivity index (χ0n) is 22.9. The van der Waals surface area contributed by atoms with Crippen molar-refractivity contribution in [2.45, 2.75) is 0 Å². The first kappa shape index (κ1) is 23.2. The van der Waals surface area contributed by atoms with Crippen molar-refractivity contribution in [3.8, 4) is 22.4 Å². The van der Waals surface area contributed by atoms with Crippen LogP contribution in [-0.4, -0.2) is 4.98 Å². The standard InChI is InChI=1S/C41H25N/c1-2-15-29-27(12-1)25-37(33-19-4-3-16-30(29)33)26-13-11-14-28(24-26)41-40-35-21-8-6-18-32(35)31-17-5-7-20-34(31)39(40)36-22-9-10-23-38(36)42-41/h1-25H. The summed E-state index contributed by atoms with van der Waals surface area (Å²) in [4.78, 5) is 5.38. The number of hydrogen-bond donors (Lipinski definition) is 0. The van der Waals surface area contributed by atoms with Crippen LogP contribution in [0, 0.1) is 0 Å². The lowest BCUT2D eigenvalue weighted by molar-refractivity contribution is 1.43. The lowest BCUT2D eigenvalue weighted by atomic mass is 9.89. The maximum atomic E-state index is 5.38. The highest BCUT2D eigenvalue weighted by atomic mass is 14.7. The van der Waals surface area contributed by atoms with Gasteiger partial charge < -0.3 is 0 Å². The Labute approximate surface area is 243 Å². The molecule has 0 fully saturated rings. The van der Waals surface area contributed by atoms with Crippen molar-refractivity contribution in [1.82, 2.24) is 4.98 Å². The fraction of sp³-hybridized carbons (Fsp3) is 0. The summed E-state index contributed by atoms with van der Waals surface area (Å²) >= 11 is 0. The highest BCUT2D eigenvalue weighted by Crippen LogP contribution is 2.43. The minimum Gasteiger partial charge on any atom is -0.247 e. The topological polar surface area (TPSA) is 12.9 Å². The number of fused-ring (bicyclic) bond motifs is 11. The van der Waals surface area contributed by atoms with Crippen molar-refractivity contribution in [3.63, 3.8) is 0 Å². The van der Waals surface area contributed by atoms with E-state index in [1.807, 2.05) is 0 Å². The predicted molar refractivity (Wildman–Crippen MR) is 180 cm³/mol. The smallest absolute Gasteiger partial charge is 0.0794 e. The summed E-state index contributed by atoms with van der Waals surface area (Å²) in [5, 5.41) is 13.8. The molecule has 0 N–H and O–H groups in total. The van der Waals surface area contributed by atoms with Crippen molar-refractivity contribution < 1.29 is 0 Å². The van der Waals surface area contributed by atoms with Crippen molar-refractivity contribution >= 4 is 64.8 Å². The molecule has 1 aromatic heterocycles. The van der Waals surface area contributed by atoms with Crippen LogP contribution < -0.4 is 0 Å². The second-order valence-corrected chi connectivity index (χ2v) is 11.1. The van der Waals surface area contributed by atoms with Crippen LogP contribution in [0.3, 0.4) is 0 Å². The number of pyridine rings is 1. The minimum absolute atomic E-state index is 1.02. The second kappa shape index (κ2) is 8.99. The Morgan fingerprint density at radius 1 is 0.333 bits per heavy atom. The van der Waals surface area contributed by atoms with E-state index in [2.05, 4.69) is 152 Å². The summed E-state index contributed by atoms with van der Waals surface area (Å²) in [6, 6.07) is 54.9. The monoisotopic (exact) mass is 531 g/mol. The van der Waals surface area contributed by atoms with Gasteiger partial charge in [0.25, 0.3) is 0 Å². The molecular formula is C41H25N. The van der Waals surface area contributed by atoms with Crippen molar-refractivity contribution in [2.75, 3.05) is 0 Å². The lowest BCUT2D eigenvalue weighted by Gasteiger charge is -2.17. The van der Waals surface area contributed by atoms with Gasteiger partial charge in [0.15, 0.2) is 0 Å². The molecule has 1 heteroatoms. The fourth-order valence-corrected chi connectivity index (χ4v) is 6.96. The number of benzene rings is 8. The van der Waals surface area contributed by atoms with Gasteiger partial charge >= 0.3 is 0 Å². The Balaban J connectivity index is 1.41. The third-order valence-corrected chi connectivity index (χ3v) is 8.79. The van der Waals surface area contributed by atoms with Gasteiger partial charge in [-0.25, -0.2) is 4.98 Å². The van der Waals surface area contributed by atoms with Gasteiger partial charge in [-0.05, 0) is 72.4 Å². The second-order valence-electron chi connectivity index (χ2n) is 11.1. The van der Waals surface area contributed by atoms with Crippen LogP contribution in [0.2, 0.25) is 0 Å². The van der Waals surface area contributed by atoms with Crippen LogP contribution >= 0.6 is 0 Å². The molecule has 0 aliphatic carbocycles. The average Bonchev–Trinajstić information content (AvgIpc) is 3.07. The van der Waals surface area contributed by atoms with Gasteiger partial charge in [0, 0.05) is 21.7 Å². The zero-order valence-corrected chi connectivity index (χ0v) is 22.9. The molecule has 0 saturated heterocycles. The molecule has 0 aliphatic heterocycles. The molecule has 8 aromatic carbocycles. The predicted octanol–water partition coefficient (Wildman–Crippen LogP) is 11.3. The molecule has 1 nitrogen and oxygen atoms in total. The third kappa shape index (κ3) is 3.34. The zero-order chi connectivity index (χ0) is 27.6. The van der Waals surface area contributed by atoms with Crippen LogP contribution in [0.5, 0.6) is 0 Å². The summed E-state index contributed by atoms with van der Waals surface area (Å²) in [6.45, 7) is 0. The molecule has 9 aromatic rings. The highest BCUT2D eigenvalue weighted by Gasteiger charge is 2.18. The van der Waals surface area contributed by atoms with E-state index in [0.717, 1.165) is 16.8 Å². The Bertz CT molecular complexity index is 2520. The summed E-state index contributed by atoms with van der Waals surface area (Å²) < 4.78 is 0. The Morgan fingerprint density at radius 3 is 1.60 bits per heavy atom.